The zero-order valence-electron chi connectivity index (χ0n) is 48.7. The number of hydrogen-bond acceptors (Lipinski definition) is 3. The first kappa shape index (κ1) is 50.2. The number of unbranched alkanes of at least 4 members (excludes halogenated alkanes) is 1. The quantitative estimate of drug-likeness (QED) is 0.135. The summed E-state index contributed by atoms with van der Waals surface area (Å²) in [5.41, 5.74) is 26.6. The summed E-state index contributed by atoms with van der Waals surface area (Å²) in [5, 5.41) is 7.21. The molecule has 0 fully saturated rings. The van der Waals surface area contributed by atoms with Gasteiger partial charge in [0.25, 0.3) is 6.71 Å². The first-order valence-electron chi connectivity index (χ1n) is 30.5. The number of aromatic nitrogens is 2. The van der Waals surface area contributed by atoms with Crippen LogP contribution >= 0.6 is 0 Å². The fraction of sp³-hybridized carbons (Fsp3) is 0.100. The van der Waals surface area contributed by atoms with Crippen molar-refractivity contribution >= 4 is 123 Å². The van der Waals surface area contributed by atoms with Crippen molar-refractivity contribution in [2.24, 2.45) is 0 Å². The van der Waals surface area contributed by atoms with Crippen LogP contribution in [0.15, 0.2) is 265 Å². The van der Waals surface area contributed by atoms with Crippen LogP contribution in [0.5, 0.6) is 0 Å². The number of nitrogens with zero attached hydrogens (tertiary/aromatic N) is 4. The van der Waals surface area contributed by atoms with Crippen molar-refractivity contribution in [3.8, 4) is 33.6 Å². The van der Waals surface area contributed by atoms with E-state index < -0.39 is 0 Å². The Morgan fingerprint density at radius 1 is 0.395 bits per heavy atom. The molecular weight excluding hydrogens is 1040 g/mol. The largest absolute Gasteiger partial charge is 0.456 e. The predicted molar refractivity (Wildman–Crippen MR) is 365 cm³/mol. The molecule has 15 aromatic rings. The molecule has 0 saturated heterocycles. The molecular formula is C80H61BN4O. The smallest absolute Gasteiger partial charge is 0.252 e. The van der Waals surface area contributed by atoms with Gasteiger partial charge in [0.15, 0.2) is 0 Å². The van der Waals surface area contributed by atoms with Crippen LogP contribution in [0.4, 0.5) is 34.1 Å². The Morgan fingerprint density at radius 2 is 0.849 bits per heavy atom. The van der Waals surface area contributed by atoms with E-state index in [1.807, 2.05) is 0 Å². The van der Waals surface area contributed by atoms with Crippen LogP contribution in [0, 0.1) is 0 Å². The molecule has 17 rings (SSSR count). The van der Waals surface area contributed by atoms with E-state index in [9.17, 15) is 0 Å². The molecule has 0 atom stereocenters. The molecule has 5 heterocycles. The van der Waals surface area contributed by atoms with Crippen molar-refractivity contribution < 1.29 is 4.42 Å². The van der Waals surface area contributed by atoms with Crippen molar-refractivity contribution in [1.29, 1.82) is 0 Å². The molecule has 6 heteroatoms. The average Bonchev–Trinajstić information content (AvgIpc) is 2.25. The molecule has 0 spiro atoms. The van der Waals surface area contributed by atoms with Gasteiger partial charge < -0.3 is 23.4 Å². The predicted octanol–water partition coefficient (Wildman–Crippen LogP) is 19.8. The third-order valence-electron chi connectivity index (χ3n) is 18.6. The van der Waals surface area contributed by atoms with E-state index in [-0.39, 0.29) is 12.1 Å². The Labute approximate surface area is 501 Å². The number of anilines is 6. The molecule has 2 aliphatic heterocycles. The summed E-state index contributed by atoms with van der Waals surface area (Å²) in [7, 11) is 0. The van der Waals surface area contributed by atoms with E-state index in [0.29, 0.717) is 0 Å². The van der Waals surface area contributed by atoms with Gasteiger partial charge in [-0.1, -0.05) is 210 Å². The Bertz CT molecular complexity index is 5070. The second-order valence-corrected chi connectivity index (χ2v) is 24.6. The van der Waals surface area contributed by atoms with Crippen LogP contribution in [0.25, 0.3) is 99.2 Å². The molecule has 2 aliphatic rings. The minimum Gasteiger partial charge on any atom is -0.456 e. The lowest BCUT2D eigenvalue weighted by Crippen LogP contribution is -2.61. The van der Waals surface area contributed by atoms with E-state index in [1.54, 1.807) is 0 Å². The van der Waals surface area contributed by atoms with Gasteiger partial charge in [-0.2, -0.15) is 0 Å². The second kappa shape index (κ2) is 19.4. The third kappa shape index (κ3) is 7.51. The third-order valence-corrected chi connectivity index (χ3v) is 18.6. The monoisotopic (exact) mass is 1100 g/mol. The highest BCUT2D eigenvalue weighted by Crippen LogP contribution is 2.53. The molecule has 0 radical (unpaired) electrons. The Balaban J connectivity index is 1.03. The molecule has 12 aromatic carbocycles. The molecule has 0 amide bonds. The standard InChI is InChI=1S/C80H61BN4O/c1-5-6-24-53-41-46-75-76(61-33-17-22-40-74(61)86-75)78(53)84-70-38-23-39-71-77(70)81(64-44-42-55(49-72(64)84)82-66-34-18-13-29-57(66)58-30-14-19-35-67(58)82)65-45-43-56(83-68-36-20-15-31-59(68)60-32-16-21-37-69(60)83)50-73(65)85(71)79-62(51-25-9-7-10-26-51)47-54(80(2,3)4)48-63(79)52-27-11-8-12-28-52/h7-23,25-50H,5-6,24H2,1-4H3. The maximum atomic E-state index is 6.90. The average molecular weight is 1110 g/mol. The maximum absolute atomic E-state index is 6.90. The number of hydrogen-bond donors (Lipinski definition) is 0. The van der Waals surface area contributed by atoms with Gasteiger partial charge in [0.2, 0.25) is 0 Å². The van der Waals surface area contributed by atoms with E-state index in [0.717, 1.165) is 81.0 Å². The zero-order chi connectivity index (χ0) is 57.4. The first-order valence-corrected chi connectivity index (χ1v) is 30.5. The van der Waals surface area contributed by atoms with Gasteiger partial charge in [-0.25, -0.2) is 0 Å². The molecule has 410 valence electrons. The number of fused-ring (bicyclic) bond motifs is 13. The Morgan fingerprint density at radius 3 is 1.34 bits per heavy atom. The Hall–Kier alpha value is -10.3. The van der Waals surface area contributed by atoms with E-state index in [4.69, 9.17) is 4.42 Å². The molecule has 3 aromatic heterocycles. The first-order chi connectivity index (χ1) is 42.3. The van der Waals surface area contributed by atoms with Crippen LogP contribution in [0.1, 0.15) is 51.7 Å². The van der Waals surface area contributed by atoms with Crippen LogP contribution in [0.2, 0.25) is 0 Å². The lowest BCUT2D eigenvalue weighted by atomic mass is 9.33. The van der Waals surface area contributed by atoms with Crippen LogP contribution in [-0.2, 0) is 11.8 Å². The van der Waals surface area contributed by atoms with Gasteiger partial charge in [-0.05, 0) is 142 Å². The highest BCUT2D eigenvalue weighted by molar-refractivity contribution is 7.00. The molecule has 0 aliphatic carbocycles. The molecule has 0 unspecified atom stereocenters. The van der Waals surface area contributed by atoms with E-state index >= 15 is 0 Å². The highest BCUT2D eigenvalue weighted by atomic mass is 16.3. The summed E-state index contributed by atoms with van der Waals surface area (Å²) in [6.45, 7) is 9.17. The second-order valence-electron chi connectivity index (χ2n) is 24.6. The number of para-hydroxylation sites is 5. The highest BCUT2D eigenvalue weighted by Gasteiger charge is 2.45. The topological polar surface area (TPSA) is 29.5 Å². The molecule has 86 heavy (non-hydrogen) atoms. The van der Waals surface area contributed by atoms with E-state index in [2.05, 4.69) is 307 Å². The van der Waals surface area contributed by atoms with Gasteiger partial charge >= 0.3 is 0 Å². The van der Waals surface area contributed by atoms with Crippen LogP contribution in [-0.4, -0.2) is 15.8 Å². The summed E-state index contributed by atoms with van der Waals surface area (Å²) in [5.74, 6) is 0. The lowest BCUT2D eigenvalue weighted by molar-refractivity contribution is 0.591. The van der Waals surface area contributed by atoms with Crippen molar-refractivity contribution in [2.75, 3.05) is 9.80 Å². The molecule has 0 saturated carbocycles. The Kier molecular flexibility index (Phi) is 11.3. The summed E-state index contributed by atoms with van der Waals surface area (Å²) >= 11 is 0. The van der Waals surface area contributed by atoms with Gasteiger partial charge in [-0.3, -0.25) is 0 Å². The van der Waals surface area contributed by atoms with Crippen molar-refractivity contribution in [3.05, 3.63) is 272 Å². The van der Waals surface area contributed by atoms with Crippen LogP contribution in [0.3, 0.4) is 0 Å². The fourth-order valence-electron chi connectivity index (χ4n) is 14.7. The fourth-order valence-corrected chi connectivity index (χ4v) is 14.7. The SMILES string of the molecule is CCCCc1ccc2oc3ccccc3c2c1N1c2cc(-n3c4ccccc4c4ccccc43)ccc2B2c3ccc(-n4c5ccccc5c5ccccc54)cc3N(c3c(-c4ccccc4)cc(C(C)(C)C)cc3-c3ccccc3)c3cccc1c32. The summed E-state index contributed by atoms with van der Waals surface area (Å²) in [6, 6.07) is 97.8. The number of benzene rings is 12. The summed E-state index contributed by atoms with van der Waals surface area (Å²) < 4.78 is 11.9. The number of rotatable bonds is 9. The normalized spacial score (nSPS) is 13.0. The lowest BCUT2D eigenvalue weighted by Gasteiger charge is -2.45. The van der Waals surface area contributed by atoms with Crippen LogP contribution < -0.4 is 26.2 Å². The van der Waals surface area contributed by atoms with Crippen molar-refractivity contribution in [3.63, 3.8) is 0 Å². The summed E-state index contributed by atoms with van der Waals surface area (Å²) in [6.07, 6.45) is 3.04. The number of furan rings is 1. The van der Waals surface area contributed by atoms with Gasteiger partial charge in [0.1, 0.15) is 11.2 Å². The van der Waals surface area contributed by atoms with Crippen molar-refractivity contribution in [2.45, 2.75) is 52.4 Å². The van der Waals surface area contributed by atoms with E-state index in [1.165, 1.54) is 99.1 Å². The summed E-state index contributed by atoms with van der Waals surface area (Å²) in [4.78, 5) is 5.33. The van der Waals surface area contributed by atoms with Gasteiger partial charge in [0.05, 0.1) is 38.8 Å². The zero-order valence-corrected chi connectivity index (χ0v) is 48.7. The maximum Gasteiger partial charge on any atom is 0.252 e. The van der Waals surface area contributed by atoms with Gasteiger partial charge in [-0.15, -0.1) is 0 Å². The molecule has 5 nitrogen and oxygen atoms in total. The molecule has 0 N–H and O–H groups in total. The van der Waals surface area contributed by atoms with Crippen molar-refractivity contribution in [1.82, 2.24) is 9.13 Å². The minimum atomic E-state index is -0.160. The van der Waals surface area contributed by atoms with Gasteiger partial charge in [0, 0.05) is 72.2 Å². The molecule has 0 bridgehead atoms. The number of aryl methyl sites for hydroxylation is 1. The minimum absolute atomic E-state index is 0.151.